The predicted molar refractivity (Wildman–Crippen MR) is 148 cm³/mol. The summed E-state index contributed by atoms with van der Waals surface area (Å²) in [6, 6.07) is 49.3. The second-order valence-electron chi connectivity index (χ2n) is 9.48. The molecule has 0 aliphatic heterocycles. The molecule has 0 saturated heterocycles. The molecule has 2 N–H and O–H groups in total. The van der Waals surface area contributed by atoms with Crippen LogP contribution in [0.15, 0.2) is 140 Å². The first-order valence-electron chi connectivity index (χ1n) is 12.2. The summed E-state index contributed by atoms with van der Waals surface area (Å²) in [7, 11) is 0. The summed E-state index contributed by atoms with van der Waals surface area (Å²) in [4.78, 5) is 0. The molecule has 0 fully saturated rings. The molecule has 5 rings (SSSR count). The van der Waals surface area contributed by atoms with Crippen molar-refractivity contribution in [3.63, 3.8) is 0 Å². The van der Waals surface area contributed by atoms with E-state index in [4.69, 9.17) is 5.73 Å². The lowest BCUT2D eigenvalue weighted by Crippen LogP contribution is -2.31. The molecule has 0 amide bonds. The average molecular weight is 454 g/mol. The van der Waals surface area contributed by atoms with Gasteiger partial charge in [-0.3, -0.25) is 0 Å². The minimum absolute atomic E-state index is 0.406. The Kier molecular flexibility index (Phi) is 6.01. The quantitative estimate of drug-likeness (QED) is 0.205. The number of nitrogen functional groups attached to an aromatic ring is 1. The molecule has 1 heteroatoms. The van der Waals surface area contributed by atoms with E-state index in [0.717, 1.165) is 16.8 Å². The summed E-state index contributed by atoms with van der Waals surface area (Å²) in [5, 5.41) is 0. The Morgan fingerprint density at radius 2 is 0.629 bits per heavy atom. The fourth-order valence-electron chi connectivity index (χ4n) is 5.48. The third kappa shape index (κ3) is 3.84. The van der Waals surface area contributed by atoms with Crippen molar-refractivity contribution in [2.75, 3.05) is 5.73 Å². The fraction of sp³-hybridized carbons (Fsp3) is 0.118. The Bertz CT molecular complexity index is 1200. The largest absolute Gasteiger partial charge is 0.398 e. The van der Waals surface area contributed by atoms with E-state index in [1.165, 1.54) is 22.3 Å². The van der Waals surface area contributed by atoms with E-state index < -0.39 is 10.8 Å². The molecule has 0 aromatic heterocycles. The number of hydrogen-bond acceptors (Lipinski definition) is 1. The van der Waals surface area contributed by atoms with Crippen LogP contribution in [-0.2, 0) is 10.8 Å². The van der Waals surface area contributed by atoms with Crippen molar-refractivity contribution in [1.82, 2.24) is 0 Å². The lowest BCUT2D eigenvalue weighted by Gasteiger charge is -2.37. The van der Waals surface area contributed by atoms with Crippen LogP contribution in [0.1, 0.15) is 47.2 Å². The Morgan fingerprint density at radius 1 is 0.371 bits per heavy atom. The Hall–Kier alpha value is -4.10. The predicted octanol–water partition coefficient (Wildman–Crippen LogP) is 7.98. The van der Waals surface area contributed by atoms with E-state index in [1.807, 2.05) is 0 Å². The molecule has 0 heterocycles. The van der Waals surface area contributed by atoms with Crippen molar-refractivity contribution in [2.24, 2.45) is 0 Å². The van der Waals surface area contributed by atoms with Gasteiger partial charge < -0.3 is 5.73 Å². The first-order chi connectivity index (χ1) is 17.1. The molecule has 35 heavy (non-hydrogen) atoms. The first-order valence-corrected chi connectivity index (χ1v) is 12.2. The molecule has 1 nitrogen and oxygen atoms in total. The zero-order valence-corrected chi connectivity index (χ0v) is 20.4. The second-order valence-corrected chi connectivity index (χ2v) is 9.48. The van der Waals surface area contributed by atoms with E-state index in [-0.39, 0.29) is 0 Å². The highest BCUT2D eigenvalue weighted by atomic mass is 14.6. The van der Waals surface area contributed by atoms with E-state index in [2.05, 4.69) is 153 Å². The molecule has 0 spiro atoms. The van der Waals surface area contributed by atoms with E-state index in [9.17, 15) is 0 Å². The van der Waals surface area contributed by atoms with Gasteiger partial charge in [0, 0.05) is 16.5 Å². The molecule has 0 saturated carbocycles. The maximum absolute atomic E-state index is 7.20. The molecule has 0 aliphatic rings. The summed E-state index contributed by atoms with van der Waals surface area (Å²) >= 11 is 0. The van der Waals surface area contributed by atoms with Gasteiger partial charge in [-0.2, -0.15) is 0 Å². The maximum Gasteiger partial charge on any atom is 0.0443 e. The van der Waals surface area contributed by atoms with Gasteiger partial charge in [0.1, 0.15) is 0 Å². The highest BCUT2D eigenvalue weighted by molar-refractivity contribution is 5.68. The van der Waals surface area contributed by atoms with Crippen molar-refractivity contribution in [3.05, 3.63) is 173 Å². The van der Waals surface area contributed by atoms with Crippen LogP contribution in [0.4, 0.5) is 5.69 Å². The van der Waals surface area contributed by atoms with Gasteiger partial charge >= 0.3 is 0 Å². The number of hydrogen-bond donors (Lipinski definition) is 1. The van der Waals surface area contributed by atoms with Crippen LogP contribution in [0, 0.1) is 0 Å². The van der Waals surface area contributed by atoms with Gasteiger partial charge in [-0.05, 0) is 47.2 Å². The maximum atomic E-state index is 7.20. The molecule has 0 bridgehead atoms. The van der Waals surface area contributed by atoms with Gasteiger partial charge in [-0.15, -0.1) is 0 Å². The SMILES string of the molecule is CC(c1ccccc1)(c1ccccc1)c1cccc(C(C)(c2ccccc2)c2ccccc2)c1N. The van der Waals surface area contributed by atoms with Gasteiger partial charge in [0.05, 0.1) is 0 Å². The van der Waals surface area contributed by atoms with Crippen LogP contribution in [0.25, 0.3) is 0 Å². The standard InChI is InChI=1S/C34H31N/c1-33(26-16-7-3-8-17-26,27-18-9-4-10-19-27)30-24-15-25-31(32(30)35)34(2,28-20-11-5-12-21-28)29-22-13-6-14-23-29/h3-25H,35H2,1-2H3. The van der Waals surface area contributed by atoms with Gasteiger partial charge in [-0.1, -0.05) is 140 Å². The van der Waals surface area contributed by atoms with Crippen LogP contribution in [0.2, 0.25) is 0 Å². The molecule has 172 valence electrons. The highest BCUT2D eigenvalue weighted by Gasteiger charge is 2.38. The Balaban J connectivity index is 1.80. The summed E-state index contributed by atoms with van der Waals surface area (Å²) in [6.45, 7) is 4.57. The zero-order valence-electron chi connectivity index (χ0n) is 20.4. The number of rotatable bonds is 6. The molecule has 5 aromatic rings. The molecule has 0 aliphatic carbocycles. The lowest BCUT2D eigenvalue weighted by molar-refractivity contribution is 0.672. The Labute approximate surface area is 208 Å². The van der Waals surface area contributed by atoms with Crippen LogP contribution in [0.3, 0.4) is 0 Å². The molecule has 0 atom stereocenters. The summed E-state index contributed by atoms with van der Waals surface area (Å²) in [5.74, 6) is 0. The van der Waals surface area contributed by atoms with E-state index in [0.29, 0.717) is 0 Å². The average Bonchev–Trinajstić information content (AvgIpc) is 2.94. The topological polar surface area (TPSA) is 26.0 Å². The van der Waals surface area contributed by atoms with Gasteiger partial charge in [0.2, 0.25) is 0 Å². The third-order valence-corrected chi connectivity index (χ3v) is 7.59. The first kappa shape index (κ1) is 22.7. The monoisotopic (exact) mass is 453 g/mol. The number of nitrogens with two attached hydrogens (primary N) is 1. The lowest BCUT2D eigenvalue weighted by atomic mass is 9.66. The van der Waals surface area contributed by atoms with Crippen molar-refractivity contribution in [1.29, 1.82) is 0 Å². The van der Waals surface area contributed by atoms with Crippen molar-refractivity contribution >= 4 is 5.69 Å². The number of benzene rings is 5. The minimum atomic E-state index is -0.406. The normalized spacial score (nSPS) is 11.8. The molecular weight excluding hydrogens is 422 g/mol. The van der Waals surface area contributed by atoms with Crippen molar-refractivity contribution < 1.29 is 0 Å². The minimum Gasteiger partial charge on any atom is -0.398 e. The van der Waals surface area contributed by atoms with Crippen LogP contribution in [-0.4, -0.2) is 0 Å². The second kappa shape index (κ2) is 9.27. The van der Waals surface area contributed by atoms with Crippen molar-refractivity contribution in [3.8, 4) is 0 Å². The van der Waals surface area contributed by atoms with Gasteiger partial charge in [-0.25, -0.2) is 0 Å². The van der Waals surface area contributed by atoms with Crippen LogP contribution < -0.4 is 5.73 Å². The highest BCUT2D eigenvalue weighted by Crippen LogP contribution is 2.47. The van der Waals surface area contributed by atoms with Gasteiger partial charge in [0.25, 0.3) is 0 Å². The number of para-hydroxylation sites is 1. The summed E-state index contributed by atoms with van der Waals surface area (Å²) in [5.41, 5.74) is 14.3. The van der Waals surface area contributed by atoms with Crippen LogP contribution >= 0.6 is 0 Å². The molecular formula is C34H31N. The fourth-order valence-corrected chi connectivity index (χ4v) is 5.48. The van der Waals surface area contributed by atoms with E-state index >= 15 is 0 Å². The molecule has 0 unspecified atom stereocenters. The zero-order chi connectivity index (χ0) is 24.3. The molecule has 5 aromatic carbocycles. The van der Waals surface area contributed by atoms with Gasteiger partial charge in [0.15, 0.2) is 0 Å². The summed E-state index contributed by atoms with van der Waals surface area (Å²) in [6.07, 6.45) is 0. The smallest absolute Gasteiger partial charge is 0.0443 e. The summed E-state index contributed by atoms with van der Waals surface area (Å²) < 4.78 is 0. The van der Waals surface area contributed by atoms with Crippen molar-refractivity contribution in [2.45, 2.75) is 24.7 Å². The van der Waals surface area contributed by atoms with E-state index in [1.54, 1.807) is 0 Å². The van der Waals surface area contributed by atoms with Crippen LogP contribution in [0.5, 0.6) is 0 Å². The Morgan fingerprint density at radius 3 is 0.886 bits per heavy atom. The molecule has 0 radical (unpaired) electrons. The third-order valence-electron chi connectivity index (χ3n) is 7.59. The number of anilines is 1.